The van der Waals surface area contributed by atoms with E-state index >= 15 is 0 Å². The minimum absolute atomic E-state index is 0.0391. The van der Waals surface area contributed by atoms with Gasteiger partial charge in [0, 0.05) is 19.3 Å². The van der Waals surface area contributed by atoms with Gasteiger partial charge < -0.3 is 20.5 Å². The molecule has 1 aliphatic heterocycles. The van der Waals surface area contributed by atoms with Gasteiger partial charge in [-0.05, 0) is 31.0 Å². The molecule has 0 bridgehead atoms. The van der Waals surface area contributed by atoms with Crippen LogP contribution in [0, 0.1) is 6.92 Å². The number of aromatic carboxylic acids is 1. The molecule has 20 heavy (non-hydrogen) atoms. The van der Waals surface area contributed by atoms with Crippen molar-refractivity contribution >= 4 is 17.6 Å². The van der Waals surface area contributed by atoms with Crippen LogP contribution >= 0.6 is 0 Å². The Morgan fingerprint density at radius 1 is 1.45 bits per heavy atom. The first kappa shape index (κ1) is 14.5. The molecule has 0 aliphatic carbocycles. The molecule has 0 saturated carbocycles. The Balaban J connectivity index is 2.08. The number of rotatable bonds is 4. The fourth-order valence-corrected chi connectivity index (χ4v) is 2.19. The minimum Gasteiger partial charge on any atom is -0.478 e. The van der Waals surface area contributed by atoms with Gasteiger partial charge in [0.15, 0.2) is 0 Å². The lowest BCUT2D eigenvalue weighted by molar-refractivity contribution is -0.118. The molecule has 2 rings (SSSR count). The van der Waals surface area contributed by atoms with Gasteiger partial charge in [-0.25, -0.2) is 4.79 Å². The normalized spacial score (nSPS) is 21.7. The first-order chi connectivity index (χ1) is 9.51. The van der Waals surface area contributed by atoms with Crippen LogP contribution in [0.4, 0.5) is 5.69 Å². The minimum atomic E-state index is -1.01. The number of anilines is 1. The van der Waals surface area contributed by atoms with E-state index in [1.54, 1.807) is 13.2 Å². The molecular formula is C14H18N2O4. The Kier molecular flexibility index (Phi) is 4.36. The number of hydrogen-bond donors (Lipinski definition) is 3. The smallest absolute Gasteiger partial charge is 0.335 e. The van der Waals surface area contributed by atoms with Crippen LogP contribution in [0.25, 0.3) is 0 Å². The fourth-order valence-electron chi connectivity index (χ4n) is 2.19. The van der Waals surface area contributed by atoms with Crippen LogP contribution < -0.4 is 10.6 Å². The highest BCUT2D eigenvalue weighted by Gasteiger charge is 2.29. The van der Waals surface area contributed by atoms with E-state index in [-0.39, 0.29) is 23.6 Å². The first-order valence-electron chi connectivity index (χ1n) is 6.42. The summed E-state index contributed by atoms with van der Waals surface area (Å²) in [7, 11) is 1.62. The average molecular weight is 278 g/mol. The maximum absolute atomic E-state index is 12.1. The molecular weight excluding hydrogens is 260 g/mol. The van der Waals surface area contributed by atoms with Crippen LogP contribution in [0.3, 0.4) is 0 Å². The predicted molar refractivity (Wildman–Crippen MR) is 74.0 cm³/mol. The van der Waals surface area contributed by atoms with E-state index in [0.717, 1.165) is 5.56 Å². The van der Waals surface area contributed by atoms with Crippen LogP contribution in [-0.2, 0) is 9.53 Å². The quantitative estimate of drug-likeness (QED) is 0.765. The van der Waals surface area contributed by atoms with Gasteiger partial charge in [-0.1, -0.05) is 6.07 Å². The highest BCUT2D eigenvalue weighted by molar-refractivity contribution is 5.97. The zero-order valence-electron chi connectivity index (χ0n) is 11.5. The van der Waals surface area contributed by atoms with Crippen molar-refractivity contribution in [2.75, 3.05) is 19.0 Å². The zero-order valence-corrected chi connectivity index (χ0v) is 11.5. The molecule has 0 spiro atoms. The molecule has 3 N–H and O–H groups in total. The maximum Gasteiger partial charge on any atom is 0.335 e. The summed E-state index contributed by atoms with van der Waals surface area (Å²) in [6.07, 6.45) is 0.650. The molecule has 1 fully saturated rings. The Bertz CT molecular complexity index is 530. The van der Waals surface area contributed by atoms with Gasteiger partial charge in [0.25, 0.3) is 0 Å². The van der Waals surface area contributed by atoms with Gasteiger partial charge in [-0.15, -0.1) is 0 Å². The molecule has 0 aromatic heterocycles. The van der Waals surface area contributed by atoms with Crippen molar-refractivity contribution in [3.8, 4) is 0 Å². The number of benzene rings is 1. The molecule has 2 unspecified atom stereocenters. The van der Waals surface area contributed by atoms with Crippen molar-refractivity contribution < 1.29 is 19.4 Å². The number of carbonyl (C=O) groups is 2. The van der Waals surface area contributed by atoms with E-state index in [0.29, 0.717) is 18.7 Å². The van der Waals surface area contributed by atoms with E-state index in [9.17, 15) is 9.59 Å². The van der Waals surface area contributed by atoms with Crippen LogP contribution in [0.1, 0.15) is 22.3 Å². The van der Waals surface area contributed by atoms with Crippen molar-refractivity contribution in [1.82, 2.24) is 5.32 Å². The summed E-state index contributed by atoms with van der Waals surface area (Å²) >= 11 is 0. The highest BCUT2D eigenvalue weighted by atomic mass is 16.5. The predicted octanol–water partition coefficient (Wildman–Crippen LogP) is 1.01. The number of nitrogens with one attached hydrogen (secondary N) is 2. The van der Waals surface area contributed by atoms with Crippen molar-refractivity contribution in [3.63, 3.8) is 0 Å². The number of aryl methyl sites for hydroxylation is 1. The molecule has 2 atom stereocenters. The summed E-state index contributed by atoms with van der Waals surface area (Å²) in [5.41, 5.74) is 1.50. The number of ether oxygens (including phenoxy) is 1. The van der Waals surface area contributed by atoms with Gasteiger partial charge in [-0.3, -0.25) is 4.79 Å². The third-order valence-corrected chi connectivity index (χ3v) is 3.48. The SMILES string of the molecule is COC1CNC(C(=O)Nc2cc(C(=O)O)ccc2C)C1. The topological polar surface area (TPSA) is 87.7 Å². The van der Waals surface area contributed by atoms with E-state index < -0.39 is 5.97 Å². The second kappa shape index (κ2) is 6.02. The number of hydrogen-bond acceptors (Lipinski definition) is 4. The lowest BCUT2D eigenvalue weighted by Gasteiger charge is -2.13. The van der Waals surface area contributed by atoms with E-state index in [1.807, 2.05) is 6.92 Å². The molecule has 1 amide bonds. The molecule has 1 aliphatic rings. The maximum atomic E-state index is 12.1. The van der Waals surface area contributed by atoms with Gasteiger partial charge in [0.2, 0.25) is 5.91 Å². The summed E-state index contributed by atoms with van der Waals surface area (Å²) in [5.74, 6) is -1.19. The average Bonchev–Trinajstić information content (AvgIpc) is 2.89. The van der Waals surface area contributed by atoms with Gasteiger partial charge in [-0.2, -0.15) is 0 Å². The van der Waals surface area contributed by atoms with Crippen LogP contribution in [-0.4, -0.2) is 42.8 Å². The van der Waals surface area contributed by atoms with Gasteiger partial charge >= 0.3 is 5.97 Å². The summed E-state index contributed by atoms with van der Waals surface area (Å²) in [4.78, 5) is 23.1. The Morgan fingerprint density at radius 3 is 2.80 bits per heavy atom. The summed E-state index contributed by atoms with van der Waals surface area (Å²) in [6.45, 7) is 2.46. The zero-order chi connectivity index (χ0) is 14.7. The lowest BCUT2D eigenvalue weighted by atomic mass is 10.1. The number of amides is 1. The van der Waals surface area contributed by atoms with Gasteiger partial charge in [0.05, 0.1) is 17.7 Å². The monoisotopic (exact) mass is 278 g/mol. The van der Waals surface area contributed by atoms with E-state index in [2.05, 4.69) is 10.6 Å². The molecule has 1 heterocycles. The molecule has 0 radical (unpaired) electrons. The Hall–Kier alpha value is -1.92. The summed E-state index contributed by atoms with van der Waals surface area (Å²) < 4.78 is 5.20. The largest absolute Gasteiger partial charge is 0.478 e. The summed E-state index contributed by atoms with van der Waals surface area (Å²) in [6, 6.07) is 4.35. The summed E-state index contributed by atoms with van der Waals surface area (Å²) in [5, 5.41) is 14.8. The molecule has 1 aromatic carbocycles. The number of carboxylic acids is 1. The van der Waals surface area contributed by atoms with E-state index in [1.165, 1.54) is 12.1 Å². The second-order valence-corrected chi connectivity index (χ2v) is 4.88. The van der Waals surface area contributed by atoms with Crippen LogP contribution in [0.5, 0.6) is 0 Å². The second-order valence-electron chi connectivity index (χ2n) is 4.88. The molecule has 6 heteroatoms. The van der Waals surface area contributed by atoms with Crippen molar-refractivity contribution in [3.05, 3.63) is 29.3 Å². The number of carboxylic acid groups (broad SMARTS) is 1. The standard InChI is InChI=1S/C14H18N2O4/c1-8-3-4-9(14(18)19)5-11(8)16-13(17)12-6-10(20-2)7-15-12/h3-5,10,12,15H,6-7H2,1-2H3,(H,16,17)(H,18,19). The number of carbonyl (C=O) groups excluding carboxylic acids is 1. The number of methoxy groups -OCH3 is 1. The van der Waals surface area contributed by atoms with Crippen molar-refractivity contribution in [2.24, 2.45) is 0 Å². The highest BCUT2D eigenvalue weighted by Crippen LogP contribution is 2.19. The van der Waals surface area contributed by atoms with Gasteiger partial charge in [0.1, 0.15) is 0 Å². The third-order valence-electron chi connectivity index (χ3n) is 3.48. The lowest BCUT2D eigenvalue weighted by Crippen LogP contribution is -2.35. The Labute approximate surface area is 117 Å². The first-order valence-corrected chi connectivity index (χ1v) is 6.42. The molecule has 108 valence electrons. The van der Waals surface area contributed by atoms with Crippen molar-refractivity contribution in [2.45, 2.75) is 25.5 Å². The van der Waals surface area contributed by atoms with E-state index in [4.69, 9.17) is 9.84 Å². The van der Waals surface area contributed by atoms with Crippen molar-refractivity contribution in [1.29, 1.82) is 0 Å². The van der Waals surface area contributed by atoms with Crippen LogP contribution in [0.15, 0.2) is 18.2 Å². The fraction of sp³-hybridized carbons (Fsp3) is 0.429. The molecule has 6 nitrogen and oxygen atoms in total. The Morgan fingerprint density at radius 2 is 2.20 bits per heavy atom. The molecule has 1 aromatic rings. The molecule has 1 saturated heterocycles. The third kappa shape index (κ3) is 3.15. The van der Waals surface area contributed by atoms with Crippen LogP contribution in [0.2, 0.25) is 0 Å².